The number of aromatic carboxylic acids is 1. The van der Waals surface area contributed by atoms with Gasteiger partial charge in [-0.15, -0.1) is 0 Å². The van der Waals surface area contributed by atoms with Gasteiger partial charge in [-0.1, -0.05) is 41.9 Å². The van der Waals surface area contributed by atoms with E-state index in [9.17, 15) is 9.90 Å². The second-order valence-corrected chi connectivity index (χ2v) is 6.61. The topological polar surface area (TPSA) is 60.1 Å². The second-order valence-electron chi connectivity index (χ2n) is 6.17. The summed E-state index contributed by atoms with van der Waals surface area (Å²) in [6.45, 7) is 0.365. The molecular weight excluding hydrogens is 350 g/mol. The van der Waals surface area contributed by atoms with Crippen LogP contribution >= 0.6 is 11.6 Å². The van der Waals surface area contributed by atoms with Crippen LogP contribution in [0.2, 0.25) is 5.02 Å². The van der Waals surface area contributed by atoms with Gasteiger partial charge in [-0.3, -0.25) is 4.68 Å². The third-order valence-corrected chi connectivity index (χ3v) is 4.67. The molecule has 0 saturated heterocycles. The Balaban J connectivity index is 1.80. The Labute approximate surface area is 155 Å². The first kappa shape index (κ1) is 16.4. The number of para-hydroxylation sites is 1. The number of carbonyl (C=O) groups is 1. The molecule has 0 saturated carbocycles. The van der Waals surface area contributed by atoms with E-state index in [1.807, 2.05) is 54.2 Å². The number of aromatic nitrogens is 3. The minimum Gasteiger partial charge on any atom is -0.477 e. The van der Waals surface area contributed by atoms with Crippen LogP contribution in [0.25, 0.3) is 22.2 Å². The minimum atomic E-state index is -1.00. The summed E-state index contributed by atoms with van der Waals surface area (Å²) in [6.07, 6.45) is 1.98. The Hall–Kier alpha value is -3.05. The maximum atomic E-state index is 11.7. The number of hydrogen-bond donors (Lipinski definition) is 1. The number of carboxylic acids is 1. The zero-order chi connectivity index (χ0) is 18.3. The van der Waals surface area contributed by atoms with E-state index in [4.69, 9.17) is 11.6 Å². The molecule has 0 aliphatic heterocycles. The first-order valence-corrected chi connectivity index (χ1v) is 8.51. The van der Waals surface area contributed by atoms with E-state index < -0.39 is 5.97 Å². The molecule has 0 radical (unpaired) electrons. The van der Waals surface area contributed by atoms with Crippen LogP contribution in [0.4, 0.5) is 0 Å². The van der Waals surface area contributed by atoms with Gasteiger partial charge in [0.25, 0.3) is 0 Å². The summed E-state index contributed by atoms with van der Waals surface area (Å²) in [5.41, 5.74) is 3.73. The van der Waals surface area contributed by atoms with Crippen molar-refractivity contribution >= 4 is 28.5 Å². The predicted molar refractivity (Wildman–Crippen MR) is 102 cm³/mol. The van der Waals surface area contributed by atoms with Crippen molar-refractivity contribution in [1.82, 2.24) is 14.3 Å². The van der Waals surface area contributed by atoms with E-state index in [0.717, 1.165) is 22.0 Å². The van der Waals surface area contributed by atoms with Gasteiger partial charge in [0, 0.05) is 34.7 Å². The molecule has 1 N–H and O–H groups in total. The summed E-state index contributed by atoms with van der Waals surface area (Å²) in [5, 5.41) is 15.8. The van der Waals surface area contributed by atoms with Crippen LogP contribution in [-0.2, 0) is 13.6 Å². The molecule has 4 aromatic rings. The van der Waals surface area contributed by atoms with E-state index in [0.29, 0.717) is 17.3 Å². The first-order chi connectivity index (χ1) is 12.5. The van der Waals surface area contributed by atoms with E-state index >= 15 is 0 Å². The number of halogens is 1. The van der Waals surface area contributed by atoms with Crippen molar-refractivity contribution in [1.29, 1.82) is 0 Å². The SMILES string of the molecule is Cn1cc(-c2cc(C(=O)O)n(Cc3ccc(Cl)cc3)n2)c2ccccc21. The second kappa shape index (κ2) is 6.35. The Morgan fingerprint density at radius 3 is 2.62 bits per heavy atom. The van der Waals surface area contributed by atoms with Crippen LogP contribution in [0.5, 0.6) is 0 Å². The molecule has 0 unspecified atom stereocenters. The maximum Gasteiger partial charge on any atom is 0.354 e. The molecule has 0 atom stereocenters. The number of hydrogen-bond acceptors (Lipinski definition) is 2. The van der Waals surface area contributed by atoms with Crippen molar-refractivity contribution in [2.75, 3.05) is 0 Å². The van der Waals surface area contributed by atoms with Crippen molar-refractivity contribution in [3.8, 4) is 11.3 Å². The van der Waals surface area contributed by atoms with E-state index in [-0.39, 0.29) is 5.69 Å². The molecule has 0 spiro atoms. The largest absolute Gasteiger partial charge is 0.477 e. The average Bonchev–Trinajstić information content (AvgIpc) is 3.19. The van der Waals surface area contributed by atoms with Gasteiger partial charge in [0.05, 0.1) is 12.2 Å². The molecular formula is C20H16ClN3O2. The highest BCUT2D eigenvalue weighted by Gasteiger charge is 2.18. The number of benzene rings is 2. The highest BCUT2D eigenvalue weighted by molar-refractivity contribution is 6.30. The molecule has 2 heterocycles. The Kier molecular flexibility index (Phi) is 4.01. The third kappa shape index (κ3) is 2.86. The third-order valence-electron chi connectivity index (χ3n) is 4.42. The van der Waals surface area contributed by atoms with Crippen molar-refractivity contribution in [2.45, 2.75) is 6.54 Å². The summed E-state index contributed by atoms with van der Waals surface area (Å²) >= 11 is 5.92. The molecule has 0 aliphatic carbocycles. The lowest BCUT2D eigenvalue weighted by molar-refractivity contribution is 0.0684. The lowest BCUT2D eigenvalue weighted by Crippen LogP contribution is -2.10. The fourth-order valence-corrected chi connectivity index (χ4v) is 3.28. The van der Waals surface area contributed by atoms with Crippen molar-refractivity contribution in [3.05, 3.63) is 77.1 Å². The van der Waals surface area contributed by atoms with Crippen LogP contribution in [0, 0.1) is 0 Å². The number of carboxylic acid groups (broad SMARTS) is 1. The molecule has 2 aromatic heterocycles. The Morgan fingerprint density at radius 1 is 1.15 bits per heavy atom. The van der Waals surface area contributed by atoms with E-state index in [1.54, 1.807) is 18.2 Å². The first-order valence-electron chi connectivity index (χ1n) is 8.13. The van der Waals surface area contributed by atoms with Crippen LogP contribution in [-0.4, -0.2) is 25.4 Å². The molecule has 0 amide bonds. The fraction of sp³-hybridized carbons (Fsp3) is 0.100. The standard InChI is InChI=1S/C20H16ClN3O2/c1-23-12-16(15-4-2-3-5-18(15)23)17-10-19(20(25)26)24(22-17)11-13-6-8-14(21)9-7-13/h2-10,12H,11H2,1H3,(H,25,26). The normalized spacial score (nSPS) is 11.2. The Bertz CT molecular complexity index is 1110. The monoisotopic (exact) mass is 365 g/mol. The molecule has 130 valence electrons. The van der Waals surface area contributed by atoms with Gasteiger partial charge < -0.3 is 9.67 Å². The zero-order valence-electron chi connectivity index (χ0n) is 14.1. The summed E-state index contributed by atoms with van der Waals surface area (Å²) < 4.78 is 3.53. The van der Waals surface area contributed by atoms with E-state index in [2.05, 4.69) is 5.10 Å². The van der Waals surface area contributed by atoms with Gasteiger partial charge in [0.2, 0.25) is 0 Å². The van der Waals surface area contributed by atoms with Gasteiger partial charge in [0.15, 0.2) is 0 Å². The fourth-order valence-electron chi connectivity index (χ4n) is 3.15. The van der Waals surface area contributed by atoms with Crippen molar-refractivity contribution in [2.24, 2.45) is 7.05 Å². The lowest BCUT2D eigenvalue weighted by Gasteiger charge is -2.04. The smallest absolute Gasteiger partial charge is 0.354 e. The summed E-state index contributed by atoms with van der Waals surface area (Å²) in [6, 6.07) is 16.9. The molecule has 0 fully saturated rings. The van der Waals surface area contributed by atoms with Crippen molar-refractivity contribution < 1.29 is 9.90 Å². The van der Waals surface area contributed by atoms with Gasteiger partial charge in [-0.2, -0.15) is 5.10 Å². The van der Waals surface area contributed by atoms with Crippen molar-refractivity contribution in [3.63, 3.8) is 0 Å². The number of fused-ring (bicyclic) bond motifs is 1. The average molecular weight is 366 g/mol. The molecule has 6 heteroatoms. The quantitative estimate of drug-likeness (QED) is 0.581. The molecule has 5 nitrogen and oxygen atoms in total. The van der Waals surface area contributed by atoms with Crippen LogP contribution in [0.1, 0.15) is 16.1 Å². The van der Waals surface area contributed by atoms with E-state index in [1.165, 1.54) is 4.68 Å². The molecule has 4 rings (SSSR count). The van der Waals surface area contributed by atoms with Crippen LogP contribution in [0.3, 0.4) is 0 Å². The minimum absolute atomic E-state index is 0.155. The number of rotatable bonds is 4. The van der Waals surface area contributed by atoms with Gasteiger partial charge in [-0.05, 0) is 29.8 Å². The number of aryl methyl sites for hydroxylation is 1. The maximum absolute atomic E-state index is 11.7. The molecule has 2 aromatic carbocycles. The highest BCUT2D eigenvalue weighted by atomic mass is 35.5. The summed E-state index contributed by atoms with van der Waals surface area (Å²) in [4.78, 5) is 11.7. The zero-order valence-corrected chi connectivity index (χ0v) is 14.8. The Morgan fingerprint density at radius 2 is 1.88 bits per heavy atom. The van der Waals surface area contributed by atoms with Gasteiger partial charge >= 0.3 is 5.97 Å². The predicted octanol–water partition coefficient (Wildman–Crippen LogP) is 4.44. The van der Waals surface area contributed by atoms with Gasteiger partial charge in [-0.25, -0.2) is 4.79 Å². The lowest BCUT2D eigenvalue weighted by atomic mass is 10.1. The summed E-state index contributed by atoms with van der Waals surface area (Å²) in [5.74, 6) is -1.00. The summed E-state index contributed by atoms with van der Waals surface area (Å²) in [7, 11) is 1.97. The molecule has 0 bridgehead atoms. The van der Waals surface area contributed by atoms with Gasteiger partial charge in [0.1, 0.15) is 5.69 Å². The highest BCUT2D eigenvalue weighted by Crippen LogP contribution is 2.30. The molecule has 0 aliphatic rings. The van der Waals surface area contributed by atoms with Crippen LogP contribution in [0.15, 0.2) is 60.8 Å². The number of nitrogens with zero attached hydrogens (tertiary/aromatic N) is 3. The van der Waals surface area contributed by atoms with Crippen LogP contribution < -0.4 is 0 Å². The molecule has 26 heavy (non-hydrogen) atoms.